The monoisotopic (exact) mass is 273 g/mol. The minimum Gasteiger partial charge on any atom is -0.467 e. The third kappa shape index (κ3) is 3.93. The first-order valence-corrected chi connectivity index (χ1v) is 6.63. The van der Waals surface area contributed by atoms with Gasteiger partial charge in [0.15, 0.2) is 0 Å². The number of rotatable bonds is 6. The van der Waals surface area contributed by atoms with E-state index in [-0.39, 0.29) is 18.0 Å². The predicted octanol–water partition coefficient (Wildman–Crippen LogP) is 2.03. The Morgan fingerprint density at radius 2 is 2.20 bits per heavy atom. The Kier molecular flexibility index (Phi) is 4.90. The second-order valence-corrected chi connectivity index (χ2v) is 4.69. The van der Waals surface area contributed by atoms with Gasteiger partial charge in [-0.1, -0.05) is 6.07 Å². The molecule has 0 aliphatic carbocycles. The molecule has 2 atom stereocenters. The van der Waals surface area contributed by atoms with Crippen molar-refractivity contribution in [1.82, 2.24) is 15.6 Å². The number of aromatic nitrogens is 1. The molecular formula is C15H19N3O2. The van der Waals surface area contributed by atoms with Crippen LogP contribution in [0.1, 0.15) is 31.2 Å². The fraction of sp³-hybridized carbons (Fsp3) is 0.333. The molecule has 1 amide bonds. The van der Waals surface area contributed by atoms with Crippen LogP contribution in [-0.4, -0.2) is 16.9 Å². The van der Waals surface area contributed by atoms with Gasteiger partial charge in [0.2, 0.25) is 5.91 Å². The molecule has 2 aromatic heterocycles. The lowest BCUT2D eigenvalue weighted by molar-refractivity contribution is -0.123. The van der Waals surface area contributed by atoms with E-state index in [1.54, 1.807) is 24.7 Å². The average Bonchev–Trinajstić information content (AvgIpc) is 2.98. The smallest absolute Gasteiger partial charge is 0.237 e. The lowest BCUT2D eigenvalue weighted by Crippen LogP contribution is -2.42. The Balaban J connectivity index is 1.81. The molecule has 2 unspecified atom stereocenters. The van der Waals surface area contributed by atoms with Crippen LogP contribution in [0.5, 0.6) is 0 Å². The van der Waals surface area contributed by atoms with E-state index in [0.29, 0.717) is 6.54 Å². The number of carbonyl (C=O) groups is 1. The highest BCUT2D eigenvalue weighted by Crippen LogP contribution is 2.10. The van der Waals surface area contributed by atoms with Gasteiger partial charge in [-0.3, -0.25) is 15.1 Å². The van der Waals surface area contributed by atoms with Crippen molar-refractivity contribution in [3.63, 3.8) is 0 Å². The molecule has 0 fully saturated rings. The Morgan fingerprint density at radius 3 is 2.85 bits per heavy atom. The zero-order valence-corrected chi connectivity index (χ0v) is 11.7. The van der Waals surface area contributed by atoms with Crippen LogP contribution in [-0.2, 0) is 11.3 Å². The van der Waals surface area contributed by atoms with Crippen molar-refractivity contribution in [3.8, 4) is 0 Å². The number of hydrogen-bond acceptors (Lipinski definition) is 4. The van der Waals surface area contributed by atoms with Gasteiger partial charge in [-0.15, -0.1) is 0 Å². The van der Waals surface area contributed by atoms with E-state index in [1.807, 2.05) is 32.0 Å². The summed E-state index contributed by atoms with van der Waals surface area (Å²) in [6.45, 7) is 4.25. The number of pyridine rings is 1. The van der Waals surface area contributed by atoms with E-state index in [2.05, 4.69) is 15.6 Å². The van der Waals surface area contributed by atoms with Crippen LogP contribution in [0, 0.1) is 0 Å². The largest absolute Gasteiger partial charge is 0.467 e. The van der Waals surface area contributed by atoms with Crippen molar-refractivity contribution in [1.29, 1.82) is 0 Å². The summed E-state index contributed by atoms with van der Waals surface area (Å²) in [5.74, 6) is 0.683. The molecule has 0 aromatic carbocycles. The van der Waals surface area contributed by atoms with Gasteiger partial charge >= 0.3 is 0 Å². The number of furan rings is 1. The van der Waals surface area contributed by atoms with Crippen molar-refractivity contribution in [2.24, 2.45) is 0 Å². The molecule has 0 saturated carbocycles. The van der Waals surface area contributed by atoms with Crippen molar-refractivity contribution in [2.75, 3.05) is 0 Å². The first-order valence-electron chi connectivity index (χ1n) is 6.63. The Bertz CT molecular complexity index is 525. The number of hydrogen-bond donors (Lipinski definition) is 2. The number of nitrogens with zero attached hydrogens (tertiary/aromatic N) is 1. The molecule has 20 heavy (non-hydrogen) atoms. The molecule has 0 saturated heterocycles. The summed E-state index contributed by atoms with van der Waals surface area (Å²) in [5.41, 5.74) is 1.05. The SMILES string of the molecule is CC(NC(C)c1cccnc1)C(=O)NCc1ccco1. The van der Waals surface area contributed by atoms with Crippen LogP contribution in [0.25, 0.3) is 0 Å². The van der Waals surface area contributed by atoms with Gasteiger partial charge in [-0.25, -0.2) is 0 Å². The molecule has 2 rings (SSSR count). The molecule has 2 aromatic rings. The minimum absolute atomic E-state index is 0.0582. The van der Waals surface area contributed by atoms with E-state index in [1.165, 1.54) is 0 Å². The highest BCUT2D eigenvalue weighted by molar-refractivity contribution is 5.81. The predicted molar refractivity (Wildman–Crippen MR) is 75.8 cm³/mol. The topological polar surface area (TPSA) is 67.2 Å². The zero-order valence-electron chi connectivity index (χ0n) is 11.7. The van der Waals surface area contributed by atoms with Gasteiger partial charge < -0.3 is 9.73 Å². The zero-order chi connectivity index (χ0) is 14.4. The summed E-state index contributed by atoms with van der Waals surface area (Å²) < 4.78 is 5.17. The summed E-state index contributed by atoms with van der Waals surface area (Å²) in [4.78, 5) is 16.0. The van der Waals surface area contributed by atoms with Gasteiger partial charge in [0, 0.05) is 18.4 Å². The van der Waals surface area contributed by atoms with Gasteiger partial charge in [0.1, 0.15) is 5.76 Å². The number of nitrogens with one attached hydrogen (secondary N) is 2. The first-order chi connectivity index (χ1) is 9.66. The van der Waals surface area contributed by atoms with Gasteiger partial charge in [-0.2, -0.15) is 0 Å². The standard InChI is InChI=1S/C15H19N3O2/c1-11(13-5-3-7-16-9-13)18-12(2)15(19)17-10-14-6-4-8-20-14/h3-9,11-12,18H,10H2,1-2H3,(H,17,19). The third-order valence-corrected chi connectivity index (χ3v) is 3.09. The normalized spacial score (nSPS) is 13.7. The third-order valence-electron chi connectivity index (χ3n) is 3.09. The van der Waals surface area contributed by atoms with Crippen molar-refractivity contribution in [3.05, 3.63) is 54.2 Å². The molecule has 5 heteroatoms. The molecule has 0 spiro atoms. The molecular weight excluding hydrogens is 254 g/mol. The van der Waals surface area contributed by atoms with Crippen LogP contribution in [0.2, 0.25) is 0 Å². The molecule has 0 aliphatic rings. The van der Waals surface area contributed by atoms with Gasteiger partial charge in [0.05, 0.1) is 18.8 Å². The number of carbonyl (C=O) groups excluding carboxylic acids is 1. The highest BCUT2D eigenvalue weighted by Gasteiger charge is 2.16. The maximum Gasteiger partial charge on any atom is 0.237 e. The molecule has 0 radical (unpaired) electrons. The highest BCUT2D eigenvalue weighted by atomic mass is 16.3. The van der Waals surface area contributed by atoms with E-state index in [9.17, 15) is 4.79 Å². The average molecular weight is 273 g/mol. The van der Waals surface area contributed by atoms with Crippen molar-refractivity contribution in [2.45, 2.75) is 32.5 Å². The van der Waals surface area contributed by atoms with Crippen LogP contribution >= 0.6 is 0 Å². The molecule has 2 N–H and O–H groups in total. The number of amides is 1. The summed E-state index contributed by atoms with van der Waals surface area (Å²) in [6.07, 6.45) is 5.12. The van der Waals surface area contributed by atoms with Crippen LogP contribution in [0.3, 0.4) is 0 Å². The van der Waals surface area contributed by atoms with Gasteiger partial charge in [0.25, 0.3) is 0 Å². The first kappa shape index (κ1) is 14.3. The van der Waals surface area contributed by atoms with Crippen LogP contribution in [0.4, 0.5) is 0 Å². The van der Waals surface area contributed by atoms with Crippen molar-refractivity contribution >= 4 is 5.91 Å². The van der Waals surface area contributed by atoms with Crippen molar-refractivity contribution < 1.29 is 9.21 Å². The molecule has 0 bridgehead atoms. The summed E-state index contributed by atoms with van der Waals surface area (Å²) >= 11 is 0. The van der Waals surface area contributed by atoms with Crippen LogP contribution < -0.4 is 10.6 Å². The maximum absolute atomic E-state index is 12.0. The van der Waals surface area contributed by atoms with Crippen LogP contribution in [0.15, 0.2) is 47.3 Å². The minimum atomic E-state index is -0.292. The molecule has 5 nitrogen and oxygen atoms in total. The van der Waals surface area contributed by atoms with Gasteiger partial charge in [-0.05, 0) is 37.6 Å². The second kappa shape index (κ2) is 6.86. The Hall–Kier alpha value is -2.14. The molecule has 0 aliphatic heterocycles. The Morgan fingerprint density at radius 1 is 1.35 bits per heavy atom. The molecule has 2 heterocycles. The lowest BCUT2D eigenvalue weighted by atomic mass is 10.1. The molecule has 106 valence electrons. The maximum atomic E-state index is 12.0. The van der Waals surface area contributed by atoms with E-state index < -0.39 is 0 Å². The lowest BCUT2D eigenvalue weighted by Gasteiger charge is -2.19. The summed E-state index contributed by atoms with van der Waals surface area (Å²) in [6, 6.07) is 7.27. The van der Waals surface area contributed by atoms with E-state index >= 15 is 0 Å². The quantitative estimate of drug-likeness (QED) is 0.845. The second-order valence-electron chi connectivity index (χ2n) is 4.69. The Labute approximate surface area is 118 Å². The summed E-state index contributed by atoms with van der Waals surface area (Å²) in [5, 5.41) is 6.07. The van der Waals surface area contributed by atoms with E-state index in [0.717, 1.165) is 11.3 Å². The summed E-state index contributed by atoms with van der Waals surface area (Å²) in [7, 11) is 0. The van der Waals surface area contributed by atoms with E-state index in [4.69, 9.17) is 4.42 Å². The fourth-order valence-electron chi connectivity index (χ4n) is 1.92. The fourth-order valence-corrected chi connectivity index (χ4v) is 1.92.